The van der Waals surface area contributed by atoms with Crippen LogP contribution >= 0.6 is 15.9 Å². The summed E-state index contributed by atoms with van der Waals surface area (Å²) in [7, 11) is 0. The summed E-state index contributed by atoms with van der Waals surface area (Å²) in [6.45, 7) is 1.87. The lowest BCUT2D eigenvalue weighted by Gasteiger charge is -2.13. The van der Waals surface area contributed by atoms with Crippen LogP contribution in [0.3, 0.4) is 0 Å². The predicted octanol–water partition coefficient (Wildman–Crippen LogP) is 1.87. The third kappa shape index (κ3) is 3.47. The van der Waals surface area contributed by atoms with Gasteiger partial charge in [-0.25, -0.2) is 0 Å². The molecule has 0 aliphatic rings. The molecule has 1 atom stereocenters. The van der Waals surface area contributed by atoms with Crippen LogP contribution < -0.4 is 5.32 Å². The highest BCUT2D eigenvalue weighted by molar-refractivity contribution is 9.10. The number of Topliss-reactive ketones (excluding diaryl/α,β-unsaturated/α-hetero) is 1. The number of benzene rings is 1. The largest absolute Gasteiger partial charge is 0.358 e. The molecule has 80 valence electrons. The molecule has 0 aromatic heterocycles. The Balaban J connectivity index is 2.83. The SMILES string of the molecule is CC(=O)C(CNC=O)c1ccc(Br)cc1. The lowest BCUT2D eigenvalue weighted by atomic mass is 9.95. The van der Waals surface area contributed by atoms with Gasteiger partial charge in [-0.05, 0) is 24.6 Å². The van der Waals surface area contributed by atoms with Crippen LogP contribution in [0.2, 0.25) is 0 Å². The highest BCUT2D eigenvalue weighted by Gasteiger charge is 2.15. The average Bonchev–Trinajstić information content (AvgIpc) is 2.21. The minimum Gasteiger partial charge on any atom is -0.358 e. The highest BCUT2D eigenvalue weighted by atomic mass is 79.9. The van der Waals surface area contributed by atoms with Crippen molar-refractivity contribution in [2.45, 2.75) is 12.8 Å². The third-order valence-corrected chi connectivity index (χ3v) is 2.70. The molecule has 0 fully saturated rings. The number of hydrogen-bond acceptors (Lipinski definition) is 2. The zero-order valence-electron chi connectivity index (χ0n) is 8.37. The van der Waals surface area contributed by atoms with E-state index in [0.29, 0.717) is 13.0 Å². The van der Waals surface area contributed by atoms with Crippen molar-refractivity contribution in [2.24, 2.45) is 0 Å². The van der Waals surface area contributed by atoms with E-state index in [1.54, 1.807) is 0 Å². The molecule has 1 aromatic rings. The first-order valence-electron chi connectivity index (χ1n) is 4.58. The van der Waals surface area contributed by atoms with Crippen molar-refractivity contribution in [3.63, 3.8) is 0 Å². The van der Waals surface area contributed by atoms with Gasteiger partial charge in [0.05, 0.1) is 5.92 Å². The van der Waals surface area contributed by atoms with Gasteiger partial charge in [-0.15, -0.1) is 0 Å². The molecule has 1 rings (SSSR count). The first kappa shape index (κ1) is 11.9. The van der Waals surface area contributed by atoms with Gasteiger partial charge >= 0.3 is 0 Å². The fraction of sp³-hybridized carbons (Fsp3) is 0.273. The molecule has 4 heteroatoms. The minimum absolute atomic E-state index is 0.0478. The van der Waals surface area contributed by atoms with E-state index in [0.717, 1.165) is 10.0 Å². The van der Waals surface area contributed by atoms with Gasteiger partial charge in [0.2, 0.25) is 6.41 Å². The Hall–Kier alpha value is -1.16. The van der Waals surface area contributed by atoms with Gasteiger partial charge < -0.3 is 5.32 Å². The number of amides is 1. The summed E-state index contributed by atoms with van der Waals surface area (Å²) in [5.74, 6) is -0.213. The smallest absolute Gasteiger partial charge is 0.207 e. The number of hydrogen-bond donors (Lipinski definition) is 1. The molecule has 0 heterocycles. The average molecular weight is 270 g/mol. The lowest BCUT2D eigenvalue weighted by Crippen LogP contribution is -2.24. The molecule has 0 aliphatic carbocycles. The van der Waals surface area contributed by atoms with E-state index in [1.807, 2.05) is 24.3 Å². The summed E-state index contributed by atoms with van der Waals surface area (Å²) in [6, 6.07) is 7.52. The van der Waals surface area contributed by atoms with E-state index in [1.165, 1.54) is 6.92 Å². The zero-order chi connectivity index (χ0) is 11.3. The van der Waals surface area contributed by atoms with Gasteiger partial charge in [0.25, 0.3) is 0 Å². The Morgan fingerprint density at radius 3 is 2.53 bits per heavy atom. The van der Waals surface area contributed by atoms with E-state index in [2.05, 4.69) is 21.2 Å². The maximum atomic E-state index is 11.4. The maximum absolute atomic E-state index is 11.4. The molecule has 1 amide bonds. The Bertz CT molecular complexity index is 348. The number of halogens is 1. The zero-order valence-corrected chi connectivity index (χ0v) is 9.95. The number of carbonyl (C=O) groups is 2. The van der Waals surface area contributed by atoms with Crippen molar-refractivity contribution < 1.29 is 9.59 Å². The Kier molecular flexibility index (Phi) is 4.49. The van der Waals surface area contributed by atoms with Gasteiger partial charge in [0, 0.05) is 11.0 Å². The second-order valence-corrected chi connectivity index (χ2v) is 4.16. The monoisotopic (exact) mass is 269 g/mol. The summed E-state index contributed by atoms with van der Waals surface area (Å²) in [5.41, 5.74) is 0.917. The molecule has 1 unspecified atom stereocenters. The number of rotatable bonds is 5. The number of nitrogens with one attached hydrogen (secondary N) is 1. The van der Waals surface area contributed by atoms with Gasteiger partial charge in [0.15, 0.2) is 0 Å². The van der Waals surface area contributed by atoms with Crippen molar-refractivity contribution in [1.29, 1.82) is 0 Å². The Morgan fingerprint density at radius 1 is 1.47 bits per heavy atom. The standard InChI is InChI=1S/C11H12BrNO2/c1-8(15)11(6-13-7-14)9-2-4-10(12)5-3-9/h2-5,7,11H,6H2,1H3,(H,13,14). The summed E-state index contributed by atoms with van der Waals surface area (Å²) >= 11 is 3.33. The van der Waals surface area contributed by atoms with Crippen molar-refractivity contribution >= 4 is 28.1 Å². The van der Waals surface area contributed by atoms with Crippen LogP contribution in [0.5, 0.6) is 0 Å². The predicted molar refractivity (Wildman–Crippen MR) is 61.6 cm³/mol. The van der Waals surface area contributed by atoms with Crippen LogP contribution in [0.25, 0.3) is 0 Å². The molecule has 1 aromatic carbocycles. The molecule has 0 saturated carbocycles. The molecule has 0 bridgehead atoms. The molecule has 0 saturated heterocycles. The van der Waals surface area contributed by atoms with Gasteiger partial charge in [-0.1, -0.05) is 28.1 Å². The van der Waals surface area contributed by atoms with Crippen molar-refractivity contribution in [3.8, 4) is 0 Å². The van der Waals surface area contributed by atoms with Crippen molar-refractivity contribution in [2.75, 3.05) is 6.54 Å². The molecule has 3 nitrogen and oxygen atoms in total. The van der Waals surface area contributed by atoms with Gasteiger partial charge in [0.1, 0.15) is 5.78 Å². The first-order chi connectivity index (χ1) is 7.15. The molecule has 0 aliphatic heterocycles. The minimum atomic E-state index is -0.261. The van der Waals surface area contributed by atoms with E-state index in [-0.39, 0.29) is 11.7 Å². The van der Waals surface area contributed by atoms with E-state index in [9.17, 15) is 9.59 Å². The third-order valence-electron chi connectivity index (χ3n) is 2.17. The fourth-order valence-electron chi connectivity index (χ4n) is 1.36. The maximum Gasteiger partial charge on any atom is 0.207 e. The van der Waals surface area contributed by atoms with Gasteiger partial charge in [-0.3, -0.25) is 9.59 Å². The molecule has 0 spiro atoms. The fourth-order valence-corrected chi connectivity index (χ4v) is 1.62. The van der Waals surface area contributed by atoms with Crippen LogP contribution in [-0.2, 0) is 9.59 Å². The van der Waals surface area contributed by atoms with Crippen molar-refractivity contribution in [1.82, 2.24) is 5.32 Å². The molecular weight excluding hydrogens is 258 g/mol. The summed E-state index contributed by atoms with van der Waals surface area (Å²) in [5, 5.41) is 2.53. The van der Waals surface area contributed by atoms with E-state index < -0.39 is 0 Å². The molecule has 1 N–H and O–H groups in total. The van der Waals surface area contributed by atoms with E-state index in [4.69, 9.17) is 0 Å². The molecule has 0 radical (unpaired) electrons. The lowest BCUT2D eigenvalue weighted by molar-refractivity contribution is -0.118. The quantitative estimate of drug-likeness (QED) is 0.830. The topological polar surface area (TPSA) is 46.2 Å². The van der Waals surface area contributed by atoms with Crippen LogP contribution in [-0.4, -0.2) is 18.7 Å². The summed E-state index contributed by atoms with van der Waals surface area (Å²) in [6.07, 6.45) is 0.606. The summed E-state index contributed by atoms with van der Waals surface area (Å²) in [4.78, 5) is 21.6. The van der Waals surface area contributed by atoms with Crippen LogP contribution in [0.4, 0.5) is 0 Å². The van der Waals surface area contributed by atoms with E-state index >= 15 is 0 Å². The van der Waals surface area contributed by atoms with Gasteiger partial charge in [-0.2, -0.15) is 0 Å². The summed E-state index contributed by atoms with van der Waals surface area (Å²) < 4.78 is 0.969. The Morgan fingerprint density at radius 2 is 2.07 bits per heavy atom. The van der Waals surface area contributed by atoms with Crippen LogP contribution in [0.15, 0.2) is 28.7 Å². The second kappa shape index (κ2) is 5.66. The second-order valence-electron chi connectivity index (χ2n) is 3.24. The van der Waals surface area contributed by atoms with Crippen LogP contribution in [0, 0.1) is 0 Å². The first-order valence-corrected chi connectivity index (χ1v) is 5.37. The molecular formula is C11H12BrNO2. The molecule has 15 heavy (non-hydrogen) atoms. The number of ketones is 1. The van der Waals surface area contributed by atoms with Crippen molar-refractivity contribution in [3.05, 3.63) is 34.3 Å². The Labute approximate surface area is 97.0 Å². The highest BCUT2D eigenvalue weighted by Crippen LogP contribution is 2.19. The normalized spacial score (nSPS) is 11.9. The number of carbonyl (C=O) groups excluding carboxylic acids is 2. The van der Waals surface area contributed by atoms with Crippen LogP contribution in [0.1, 0.15) is 18.4 Å².